The Hall–Kier alpha value is -1.79. The van der Waals surface area contributed by atoms with Gasteiger partial charge in [-0.15, -0.1) is 0 Å². The number of carbonyl (C=O) groups is 1. The lowest BCUT2D eigenvalue weighted by atomic mass is 10.1. The fourth-order valence-electron chi connectivity index (χ4n) is 2.52. The fourth-order valence-corrected chi connectivity index (χ4v) is 2.52. The molecule has 0 aliphatic carbocycles. The standard InChI is InChI=1S/C15H24N4O2/c1-18-6-7-19(2)12(10-18)9-17-15(20)13-5-4-11(16)8-14(13)21-3/h4-5,8,12H,6-7,9-10,16H2,1-3H3,(H,17,20). The number of hydrogen-bond acceptors (Lipinski definition) is 5. The van der Waals surface area contributed by atoms with Gasteiger partial charge in [-0.05, 0) is 26.2 Å². The van der Waals surface area contributed by atoms with Crippen molar-refractivity contribution < 1.29 is 9.53 Å². The first kappa shape index (κ1) is 15.6. The Balaban J connectivity index is 1.98. The highest BCUT2D eigenvalue weighted by molar-refractivity contribution is 5.97. The summed E-state index contributed by atoms with van der Waals surface area (Å²) in [5, 5.41) is 2.99. The van der Waals surface area contributed by atoms with Crippen molar-refractivity contribution in [3.05, 3.63) is 23.8 Å². The number of hydrogen-bond donors (Lipinski definition) is 2. The molecule has 3 N–H and O–H groups in total. The quantitative estimate of drug-likeness (QED) is 0.779. The Morgan fingerprint density at radius 2 is 2.19 bits per heavy atom. The van der Waals surface area contributed by atoms with Crippen LogP contribution in [0.1, 0.15) is 10.4 Å². The third kappa shape index (κ3) is 3.86. The molecule has 116 valence electrons. The maximum Gasteiger partial charge on any atom is 0.255 e. The number of anilines is 1. The number of benzene rings is 1. The van der Waals surface area contributed by atoms with E-state index in [1.54, 1.807) is 18.2 Å². The van der Waals surface area contributed by atoms with Crippen molar-refractivity contribution >= 4 is 11.6 Å². The van der Waals surface area contributed by atoms with E-state index in [1.807, 2.05) is 0 Å². The third-order valence-electron chi connectivity index (χ3n) is 3.95. The number of amides is 1. The molecule has 1 atom stereocenters. The molecular weight excluding hydrogens is 268 g/mol. The zero-order valence-corrected chi connectivity index (χ0v) is 12.9. The van der Waals surface area contributed by atoms with Gasteiger partial charge in [0, 0.05) is 44.0 Å². The van der Waals surface area contributed by atoms with Gasteiger partial charge in [-0.3, -0.25) is 9.69 Å². The molecule has 1 saturated heterocycles. The van der Waals surface area contributed by atoms with E-state index in [0.717, 1.165) is 19.6 Å². The zero-order valence-electron chi connectivity index (χ0n) is 12.9. The van der Waals surface area contributed by atoms with Crippen LogP contribution >= 0.6 is 0 Å². The van der Waals surface area contributed by atoms with E-state index in [4.69, 9.17) is 10.5 Å². The van der Waals surface area contributed by atoms with Gasteiger partial charge in [0.2, 0.25) is 0 Å². The summed E-state index contributed by atoms with van der Waals surface area (Å²) in [6.45, 7) is 3.65. The van der Waals surface area contributed by atoms with Crippen LogP contribution in [0.15, 0.2) is 18.2 Å². The minimum absolute atomic E-state index is 0.131. The van der Waals surface area contributed by atoms with Crippen molar-refractivity contribution in [1.82, 2.24) is 15.1 Å². The Morgan fingerprint density at radius 3 is 2.90 bits per heavy atom. The van der Waals surface area contributed by atoms with E-state index < -0.39 is 0 Å². The summed E-state index contributed by atoms with van der Waals surface area (Å²) in [6, 6.07) is 5.39. The molecule has 1 fully saturated rings. The lowest BCUT2D eigenvalue weighted by Crippen LogP contribution is -2.54. The molecule has 1 aliphatic rings. The smallest absolute Gasteiger partial charge is 0.255 e. The summed E-state index contributed by atoms with van der Waals surface area (Å²) in [4.78, 5) is 16.9. The van der Waals surface area contributed by atoms with Crippen molar-refractivity contribution in [2.45, 2.75) is 6.04 Å². The highest BCUT2D eigenvalue weighted by Crippen LogP contribution is 2.21. The lowest BCUT2D eigenvalue weighted by Gasteiger charge is -2.37. The van der Waals surface area contributed by atoms with Crippen LogP contribution in [0.4, 0.5) is 5.69 Å². The monoisotopic (exact) mass is 292 g/mol. The molecule has 1 heterocycles. The van der Waals surface area contributed by atoms with E-state index >= 15 is 0 Å². The van der Waals surface area contributed by atoms with Crippen LogP contribution in [0.2, 0.25) is 0 Å². The maximum atomic E-state index is 12.3. The summed E-state index contributed by atoms with van der Waals surface area (Å²) in [7, 11) is 5.73. The van der Waals surface area contributed by atoms with Crippen LogP contribution in [0.3, 0.4) is 0 Å². The fraction of sp³-hybridized carbons (Fsp3) is 0.533. The molecule has 6 nitrogen and oxygen atoms in total. The Bertz CT molecular complexity index is 506. The zero-order chi connectivity index (χ0) is 15.4. The minimum Gasteiger partial charge on any atom is -0.496 e. The van der Waals surface area contributed by atoms with E-state index in [2.05, 4.69) is 29.2 Å². The molecule has 2 rings (SSSR count). The Kier molecular flexibility index (Phi) is 5.03. The first-order valence-electron chi connectivity index (χ1n) is 7.11. The second-order valence-corrected chi connectivity index (χ2v) is 5.57. The minimum atomic E-state index is -0.131. The highest BCUT2D eigenvalue weighted by atomic mass is 16.5. The maximum absolute atomic E-state index is 12.3. The summed E-state index contributed by atoms with van der Waals surface area (Å²) < 4.78 is 5.22. The topological polar surface area (TPSA) is 70.8 Å². The second kappa shape index (κ2) is 6.78. The normalized spacial score (nSPS) is 20.2. The van der Waals surface area contributed by atoms with Crippen LogP contribution < -0.4 is 15.8 Å². The van der Waals surface area contributed by atoms with Crippen molar-refractivity contribution in [1.29, 1.82) is 0 Å². The van der Waals surface area contributed by atoms with Gasteiger partial charge in [0.05, 0.1) is 12.7 Å². The van der Waals surface area contributed by atoms with Gasteiger partial charge in [0.25, 0.3) is 5.91 Å². The summed E-state index contributed by atoms with van der Waals surface area (Å²) >= 11 is 0. The van der Waals surface area contributed by atoms with Crippen molar-refractivity contribution in [2.75, 3.05) is 53.1 Å². The van der Waals surface area contributed by atoms with E-state index in [1.165, 1.54) is 7.11 Å². The molecule has 1 amide bonds. The lowest BCUT2D eigenvalue weighted by molar-refractivity contribution is 0.0878. The molecular formula is C15H24N4O2. The average Bonchev–Trinajstić information content (AvgIpc) is 2.47. The predicted octanol–water partition coefficient (Wildman–Crippen LogP) is 0.253. The van der Waals surface area contributed by atoms with Gasteiger partial charge >= 0.3 is 0 Å². The van der Waals surface area contributed by atoms with Gasteiger partial charge in [-0.25, -0.2) is 0 Å². The second-order valence-electron chi connectivity index (χ2n) is 5.57. The number of nitrogens with zero attached hydrogens (tertiary/aromatic N) is 2. The number of nitrogen functional groups attached to an aromatic ring is 1. The van der Waals surface area contributed by atoms with Gasteiger partial charge in [-0.2, -0.15) is 0 Å². The first-order valence-corrected chi connectivity index (χ1v) is 7.11. The van der Waals surface area contributed by atoms with Crippen LogP contribution in [0, 0.1) is 0 Å². The van der Waals surface area contributed by atoms with E-state index in [-0.39, 0.29) is 5.91 Å². The highest BCUT2D eigenvalue weighted by Gasteiger charge is 2.23. The number of nitrogens with one attached hydrogen (secondary N) is 1. The number of ether oxygens (including phenoxy) is 1. The van der Waals surface area contributed by atoms with Gasteiger partial charge < -0.3 is 20.7 Å². The first-order chi connectivity index (χ1) is 10.0. The van der Waals surface area contributed by atoms with Crippen molar-refractivity contribution in [3.63, 3.8) is 0 Å². The molecule has 6 heteroatoms. The molecule has 1 unspecified atom stereocenters. The number of piperazine rings is 1. The number of nitrogens with two attached hydrogens (primary N) is 1. The summed E-state index contributed by atoms with van der Waals surface area (Å²) in [6.07, 6.45) is 0. The molecule has 0 radical (unpaired) electrons. The van der Waals surface area contributed by atoms with Crippen LogP contribution in [0.25, 0.3) is 0 Å². The van der Waals surface area contributed by atoms with E-state index in [9.17, 15) is 4.79 Å². The average molecular weight is 292 g/mol. The Morgan fingerprint density at radius 1 is 1.43 bits per heavy atom. The number of methoxy groups -OCH3 is 1. The molecule has 1 aliphatic heterocycles. The molecule has 0 bridgehead atoms. The largest absolute Gasteiger partial charge is 0.496 e. The van der Waals surface area contributed by atoms with Crippen LogP contribution in [-0.4, -0.2) is 69.1 Å². The van der Waals surface area contributed by atoms with Gasteiger partial charge in [-0.1, -0.05) is 0 Å². The molecule has 21 heavy (non-hydrogen) atoms. The van der Waals surface area contributed by atoms with E-state index in [0.29, 0.717) is 29.6 Å². The molecule has 1 aromatic carbocycles. The predicted molar refractivity (Wildman–Crippen MR) is 83.7 cm³/mol. The molecule has 0 saturated carbocycles. The molecule has 0 aromatic heterocycles. The van der Waals surface area contributed by atoms with Crippen molar-refractivity contribution in [3.8, 4) is 5.75 Å². The number of carbonyl (C=O) groups excluding carboxylic acids is 1. The SMILES string of the molecule is COc1cc(N)ccc1C(=O)NCC1CN(C)CCN1C. The summed E-state index contributed by atoms with van der Waals surface area (Å²) in [5.41, 5.74) is 6.80. The third-order valence-corrected chi connectivity index (χ3v) is 3.95. The number of likely N-dealkylation sites (N-methyl/N-ethyl adjacent to an activating group) is 2. The van der Waals surface area contributed by atoms with Crippen LogP contribution in [-0.2, 0) is 0 Å². The Labute approximate surface area is 125 Å². The summed E-state index contributed by atoms with van der Waals surface area (Å²) in [5.74, 6) is 0.370. The number of rotatable bonds is 4. The van der Waals surface area contributed by atoms with Crippen molar-refractivity contribution in [2.24, 2.45) is 0 Å². The van der Waals surface area contributed by atoms with Gasteiger partial charge in [0.1, 0.15) is 5.75 Å². The molecule has 1 aromatic rings. The molecule has 0 spiro atoms. The van der Waals surface area contributed by atoms with Crippen LogP contribution in [0.5, 0.6) is 5.75 Å². The van der Waals surface area contributed by atoms with Gasteiger partial charge in [0.15, 0.2) is 0 Å².